The van der Waals surface area contributed by atoms with E-state index in [4.69, 9.17) is 23.2 Å². The fraction of sp³-hybridized carbons (Fsp3) is 0.533. The van der Waals surface area contributed by atoms with Crippen LogP contribution in [0.4, 0.5) is 0 Å². The number of nitrogens with zero attached hydrogens (tertiary/aromatic N) is 2. The molecular weight excluding hydrogens is 279 g/mol. The smallest absolute Gasteiger partial charge is 0.125 e. The summed E-state index contributed by atoms with van der Waals surface area (Å²) >= 11 is 12.3. The largest absolute Gasteiger partial charge is 0.323 e. The predicted octanol–water partition coefficient (Wildman–Crippen LogP) is 4.79. The van der Waals surface area contributed by atoms with Crippen LogP contribution in [0.3, 0.4) is 0 Å². The maximum atomic E-state index is 6.16. The zero-order valence-electron chi connectivity index (χ0n) is 10.6. The molecule has 0 unspecified atom stereocenters. The van der Waals surface area contributed by atoms with Crippen LogP contribution in [0.15, 0.2) is 18.2 Å². The van der Waals surface area contributed by atoms with Gasteiger partial charge in [-0.05, 0) is 55.7 Å². The summed E-state index contributed by atoms with van der Waals surface area (Å²) in [6, 6.07) is 6.54. The van der Waals surface area contributed by atoms with E-state index >= 15 is 0 Å². The lowest BCUT2D eigenvalue weighted by atomic mass is 10.1. The van der Waals surface area contributed by atoms with E-state index in [1.165, 1.54) is 25.7 Å². The molecule has 2 aliphatic carbocycles. The third kappa shape index (κ3) is 2.05. The highest BCUT2D eigenvalue weighted by Crippen LogP contribution is 2.53. The first kappa shape index (κ1) is 12.0. The van der Waals surface area contributed by atoms with Crippen LogP contribution in [0.1, 0.15) is 37.5 Å². The highest BCUT2D eigenvalue weighted by atomic mass is 35.5. The molecule has 2 aromatic rings. The second kappa shape index (κ2) is 4.39. The Balaban J connectivity index is 1.91. The fourth-order valence-electron chi connectivity index (χ4n) is 3.23. The van der Waals surface area contributed by atoms with E-state index in [0.29, 0.717) is 11.9 Å². The second-order valence-electron chi connectivity index (χ2n) is 5.83. The van der Waals surface area contributed by atoms with Crippen LogP contribution in [0.25, 0.3) is 11.0 Å². The predicted molar refractivity (Wildman–Crippen MR) is 78.8 cm³/mol. The van der Waals surface area contributed by atoms with E-state index in [1.54, 1.807) is 0 Å². The van der Waals surface area contributed by atoms with Crippen molar-refractivity contribution in [2.24, 2.45) is 11.8 Å². The van der Waals surface area contributed by atoms with Crippen molar-refractivity contribution in [2.75, 3.05) is 0 Å². The Labute approximate surface area is 122 Å². The SMILES string of the molecule is ClCc1nc2ccc(Cl)cc2n1C(C1CC1)C1CC1. The summed E-state index contributed by atoms with van der Waals surface area (Å²) in [5.74, 6) is 3.13. The quantitative estimate of drug-likeness (QED) is 0.741. The molecular formula is C15H16Cl2N2. The molecule has 0 radical (unpaired) electrons. The standard InChI is InChI=1S/C15H16Cl2N2/c16-8-14-18-12-6-5-11(17)7-13(12)19(14)15(9-1-2-9)10-3-4-10/h5-7,9-10,15H,1-4,8H2. The van der Waals surface area contributed by atoms with Gasteiger partial charge >= 0.3 is 0 Å². The molecule has 0 aliphatic heterocycles. The van der Waals surface area contributed by atoms with Crippen LogP contribution < -0.4 is 0 Å². The van der Waals surface area contributed by atoms with E-state index in [-0.39, 0.29) is 0 Å². The third-order valence-electron chi connectivity index (χ3n) is 4.35. The maximum absolute atomic E-state index is 6.16. The topological polar surface area (TPSA) is 17.8 Å². The van der Waals surface area contributed by atoms with Crippen molar-refractivity contribution in [2.45, 2.75) is 37.6 Å². The van der Waals surface area contributed by atoms with Crippen molar-refractivity contribution < 1.29 is 0 Å². The first-order valence-electron chi connectivity index (χ1n) is 7.00. The molecule has 1 heterocycles. The summed E-state index contributed by atoms with van der Waals surface area (Å²) in [7, 11) is 0. The normalized spacial score (nSPS) is 19.5. The van der Waals surface area contributed by atoms with Gasteiger partial charge in [0, 0.05) is 11.1 Å². The average Bonchev–Trinajstić information content (AvgIpc) is 3.29. The molecule has 4 heteroatoms. The average molecular weight is 295 g/mol. The van der Waals surface area contributed by atoms with Gasteiger partial charge in [0.25, 0.3) is 0 Å². The lowest BCUT2D eigenvalue weighted by molar-refractivity contribution is 0.396. The number of benzene rings is 1. The Bertz CT molecular complexity index is 614. The molecule has 1 aromatic carbocycles. The highest BCUT2D eigenvalue weighted by molar-refractivity contribution is 6.31. The molecule has 0 saturated heterocycles. The van der Waals surface area contributed by atoms with Crippen molar-refractivity contribution in [3.05, 3.63) is 29.0 Å². The number of hydrogen-bond acceptors (Lipinski definition) is 1. The van der Waals surface area contributed by atoms with Crippen molar-refractivity contribution in [3.8, 4) is 0 Å². The van der Waals surface area contributed by atoms with E-state index in [2.05, 4.69) is 9.55 Å². The van der Waals surface area contributed by atoms with Crippen LogP contribution in [-0.4, -0.2) is 9.55 Å². The lowest BCUT2D eigenvalue weighted by Crippen LogP contribution is -2.15. The van der Waals surface area contributed by atoms with Gasteiger partial charge in [-0.2, -0.15) is 0 Å². The van der Waals surface area contributed by atoms with Crippen LogP contribution in [0.2, 0.25) is 5.02 Å². The number of halogens is 2. The number of aromatic nitrogens is 2. The number of rotatable bonds is 4. The molecule has 0 atom stereocenters. The zero-order chi connectivity index (χ0) is 13.0. The molecule has 1 aromatic heterocycles. The molecule has 4 rings (SSSR count). The minimum absolute atomic E-state index is 0.474. The summed E-state index contributed by atoms with van der Waals surface area (Å²) in [5, 5.41) is 0.778. The van der Waals surface area contributed by atoms with Crippen LogP contribution in [0, 0.1) is 11.8 Å². The van der Waals surface area contributed by atoms with Crippen molar-refractivity contribution in [1.82, 2.24) is 9.55 Å². The highest BCUT2D eigenvalue weighted by Gasteiger charge is 2.43. The summed E-state index contributed by atoms with van der Waals surface area (Å²) in [5.41, 5.74) is 2.18. The van der Waals surface area contributed by atoms with E-state index in [9.17, 15) is 0 Å². The summed E-state index contributed by atoms with van der Waals surface area (Å²) < 4.78 is 2.39. The molecule has 2 saturated carbocycles. The van der Waals surface area contributed by atoms with E-state index in [1.807, 2.05) is 18.2 Å². The summed E-state index contributed by atoms with van der Waals surface area (Å²) in [6.45, 7) is 0. The second-order valence-corrected chi connectivity index (χ2v) is 6.53. The summed E-state index contributed by atoms with van der Waals surface area (Å²) in [4.78, 5) is 4.69. The Kier molecular flexibility index (Phi) is 2.78. The molecule has 2 nitrogen and oxygen atoms in total. The van der Waals surface area contributed by atoms with Crippen LogP contribution >= 0.6 is 23.2 Å². The molecule has 0 spiro atoms. The molecule has 19 heavy (non-hydrogen) atoms. The van der Waals surface area contributed by atoms with Crippen molar-refractivity contribution >= 4 is 34.2 Å². The van der Waals surface area contributed by atoms with Crippen molar-refractivity contribution in [3.63, 3.8) is 0 Å². The van der Waals surface area contributed by atoms with Gasteiger partial charge in [-0.3, -0.25) is 0 Å². The zero-order valence-corrected chi connectivity index (χ0v) is 12.2. The minimum Gasteiger partial charge on any atom is -0.323 e. The number of hydrogen-bond donors (Lipinski definition) is 0. The maximum Gasteiger partial charge on any atom is 0.125 e. The molecule has 2 fully saturated rings. The number of fused-ring (bicyclic) bond motifs is 1. The van der Waals surface area contributed by atoms with Gasteiger partial charge in [0.15, 0.2) is 0 Å². The molecule has 0 bridgehead atoms. The molecule has 100 valence electrons. The van der Waals surface area contributed by atoms with Gasteiger partial charge in [-0.25, -0.2) is 4.98 Å². The Morgan fingerprint density at radius 3 is 2.47 bits per heavy atom. The lowest BCUT2D eigenvalue weighted by Gasteiger charge is -2.21. The van der Waals surface area contributed by atoms with Gasteiger partial charge in [0.1, 0.15) is 5.82 Å². The first-order valence-corrected chi connectivity index (χ1v) is 7.91. The first-order chi connectivity index (χ1) is 9.28. The van der Waals surface area contributed by atoms with Gasteiger partial charge in [-0.15, -0.1) is 11.6 Å². The minimum atomic E-state index is 0.474. The van der Waals surface area contributed by atoms with Gasteiger partial charge < -0.3 is 4.57 Å². The Morgan fingerprint density at radius 1 is 1.21 bits per heavy atom. The van der Waals surface area contributed by atoms with Crippen molar-refractivity contribution in [1.29, 1.82) is 0 Å². The Morgan fingerprint density at radius 2 is 1.89 bits per heavy atom. The van der Waals surface area contributed by atoms with Gasteiger partial charge in [0.2, 0.25) is 0 Å². The van der Waals surface area contributed by atoms with Gasteiger partial charge in [-0.1, -0.05) is 11.6 Å². The van der Waals surface area contributed by atoms with E-state index in [0.717, 1.165) is 33.7 Å². The summed E-state index contributed by atoms with van der Waals surface area (Å²) in [6.07, 6.45) is 5.40. The monoisotopic (exact) mass is 294 g/mol. The van der Waals surface area contributed by atoms with Gasteiger partial charge in [0.05, 0.1) is 16.9 Å². The molecule has 2 aliphatic rings. The Hall–Kier alpha value is -0.730. The third-order valence-corrected chi connectivity index (χ3v) is 4.83. The molecule has 0 amide bonds. The van der Waals surface area contributed by atoms with E-state index < -0.39 is 0 Å². The molecule has 0 N–H and O–H groups in total. The van der Waals surface area contributed by atoms with Crippen LogP contribution in [0.5, 0.6) is 0 Å². The number of imidazole rings is 1. The fourth-order valence-corrected chi connectivity index (χ4v) is 3.58. The number of alkyl halides is 1. The van der Waals surface area contributed by atoms with Crippen LogP contribution in [-0.2, 0) is 5.88 Å².